The van der Waals surface area contributed by atoms with E-state index < -0.39 is 28.1 Å². The number of hydrogen-bond acceptors (Lipinski definition) is 8. The zero-order chi connectivity index (χ0) is 34.0. The van der Waals surface area contributed by atoms with Crippen LogP contribution in [-0.4, -0.2) is 71.4 Å². The Balaban J connectivity index is 1.63. The molecule has 0 aliphatic carbocycles. The monoisotopic (exact) mass is 679 g/mol. The van der Waals surface area contributed by atoms with Gasteiger partial charge in [-0.25, -0.2) is 18.4 Å². The number of nitrogens with one attached hydrogen (secondary N) is 2. The van der Waals surface area contributed by atoms with E-state index in [4.69, 9.17) is 0 Å². The fraction of sp³-hybridized carbons (Fsp3) is 0.400. The number of thiazole rings is 1. The van der Waals surface area contributed by atoms with Crippen molar-refractivity contribution in [3.8, 4) is 0 Å². The lowest BCUT2D eigenvalue weighted by Crippen LogP contribution is -2.60. The Morgan fingerprint density at radius 1 is 0.894 bits per heavy atom. The first-order valence-corrected chi connectivity index (χ1v) is 18.2. The molecular weight excluding hydrogens is 635 g/mol. The second-order valence-corrected chi connectivity index (χ2v) is 15.3. The molecule has 12 heteroatoms. The molecule has 0 spiro atoms. The summed E-state index contributed by atoms with van der Waals surface area (Å²) < 4.78 is 30.1. The number of fused-ring (bicyclic) bond motifs is 1. The average molecular weight is 680 g/mol. The van der Waals surface area contributed by atoms with Gasteiger partial charge in [0.15, 0.2) is 0 Å². The zero-order valence-corrected chi connectivity index (χ0v) is 29.0. The maximum absolute atomic E-state index is 14.1. The Morgan fingerprint density at radius 2 is 1.55 bits per heavy atom. The van der Waals surface area contributed by atoms with E-state index in [2.05, 4.69) is 15.7 Å². The lowest BCUT2D eigenvalue weighted by Gasteiger charge is -2.37. The fourth-order valence-corrected chi connectivity index (χ4v) is 7.72. The number of aliphatic hydroxyl groups excluding tert-OH is 1. The van der Waals surface area contributed by atoms with Crippen molar-refractivity contribution in [2.75, 3.05) is 19.6 Å². The van der Waals surface area contributed by atoms with Crippen LogP contribution >= 0.6 is 11.3 Å². The van der Waals surface area contributed by atoms with Gasteiger partial charge in [0.25, 0.3) is 5.91 Å². The molecule has 1 aromatic heterocycles. The summed E-state index contributed by atoms with van der Waals surface area (Å²) in [6.45, 7) is 7.87. The average Bonchev–Trinajstić information content (AvgIpc) is 3.51. The quantitative estimate of drug-likeness (QED) is 0.148. The van der Waals surface area contributed by atoms with E-state index in [1.165, 1.54) is 26.7 Å². The first-order valence-electron chi connectivity index (χ1n) is 15.9. The lowest BCUT2D eigenvalue weighted by molar-refractivity contribution is -0.148. The molecule has 3 N–H and O–H groups in total. The summed E-state index contributed by atoms with van der Waals surface area (Å²) in [5.74, 6) is -0.893. The fourth-order valence-electron chi connectivity index (χ4n) is 5.28. The van der Waals surface area contributed by atoms with Crippen LogP contribution in [0.15, 0.2) is 89.3 Å². The number of carbonyl (C=O) groups excluding carboxylic acids is 2. The molecule has 0 fully saturated rings. The standard InChI is InChI=1S/C35H45N5O5S2/c1-25(2)17-35(43)40(38-34(42)21-36-20-28-13-9-6-10-14-28)31(18-27-11-7-5-8-12-27)32(41)23-39(22-26(3)4)47(44,45)29-15-16-30-33(19-29)46-24-37-30/h5-16,19,24-26,31-32,36,41H,17-18,20-23H2,1-4H3,(H,38,42)/t31-,32+/m0/s1. The van der Waals surface area contributed by atoms with Crippen LogP contribution in [0.1, 0.15) is 45.2 Å². The number of hydrazine groups is 1. The van der Waals surface area contributed by atoms with Crippen molar-refractivity contribution in [3.05, 3.63) is 95.5 Å². The van der Waals surface area contributed by atoms with Crippen molar-refractivity contribution in [3.63, 3.8) is 0 Å². The van der Waals surface area contributed by atoms with Gasteiger partial charge in [-0.05, 0) is 47.6 Å². The molecule has 252 valence electrons. The highest BCUT2D eigenvalue weighted by molar-refractivity contribution is 7.89. The number of benzene rings is 3. The summed E-state index contributed by atoms with van der Waals surface area (Å²) in [6, 6.07) is 22.8. The molecule has 0 unspecified atom stereocenters. The van der Waals surface area contributed by atoms with Gasteiger partial charge in [0, 0.05) is 26.1 Å². The largest absolute Gasteiger partial charge is 0.390 e. The van der Waals surface area contributed by atoms with Crippen LogP contribution < -0.4 is 10.7 Å². The molecule has 3 aromatic carbocycles. The lowest BCUT2D eigenvalue weighted by atomic mass is 9.99. The molecule has 4 aromatic rings. The van der Waals surface area contributed by atoms with Crippen LogP contribution in [-0.2, 0) is 32.6 Å². The van der Waals surface area contributed by atoms with E-state index in [1.54, 1.807) is 17.6 Å². The molecule has 2 atom stereocenters. The SMILES string of the molecule is CC(C)CC(=O)N(NC(=O)CNCc1ccccc1)[C@@H](Cc1ccccc1)[C@H](O)CN(CC(C)C)S(=O)(=O)c1ccc2ncsc2c1. The Kier molecular flexibility index (Phi) is 13.0. The van der Waals surface area contributed by atoms with E-state index in [9.17, 15) is 23.1 Å². The maximum Gasteiger partial charge on any atom is 0.252 e. The minimum atomic E-state index is -4.04. The molecular formula is C35H45N5O5S2. The second kappa shape index (κ2) is 16.9. The summed E-state index contributed by atoms with van der Waals surface area (Å²) in [4.78, 5) is 31.4. The highest BCUT2D eigenvalue weighted by atomic mass is 32.2. The smallest absolute Gasteiger partial charge is 0.252 e. The van der Waals surface area contributed by atoms with E-state index in [1.807, 2.05) is 88.4 Å². The molecule has 0 saturated carbocycles. The summed E-state index contributed by atoms with van der Waals surface area (Å²) >= 11 is 1.35. The van der Waals surface area contributed by atoms with Crippen molar-refractivity contribution in [2.45, 2.75) is 64.1 Å². The topological polar surface area (TPSA) is 132 Å². The number of hydrogen-bond donors (Lipinski definition) is 3. The van der Waals surface area contributed by atoms with Gasteiger partial charge in [0.05, 0.1) is 39.3 Å². The summed E-state index contributed by atoms with van der Waals surface area (Å²) in [6.07, 6.45) is -1.03. The van der Waals surface area contributed by atoms with Gasteiger partial charge < -0.3 is 10.4 Å². The minimum Gasteiger partial charge on any atom is -0.390 e. The molecule has 2 amide bonds. The van der Waals surface area contributed by atoms with Gasteiger partial charge in [0.2, 0.25) is 15.9 Å². The number of nitrogens with zero attached hydrogens (tertiary/aromatic N) is 3. The summed E-state index contributed by atoms with van der Waals surface area (Å²) in [5, 5.41) is 16.2. The number of amides is 2. The van der Waals surface area contributed by atoms with Gasteiger partial charge in [-0.1, -0.05) is 88.4 Å². The van der Waals surface area contributed by atoms with Gasteiger partial charge in [-0.2, -0.15) is 4.31 Å². The number of aliphatic hydroxyl groups is 1. The molecule has 0 aliphatic heterocycles. The predicted octanol–water partition coefficient (Wildman–Crippen LogP) is 4.61. The molecule has 0 bridgehead atoms. The maximum atomic E-state index is 14.1. The van der Waals surface area contributed by atoms with Gasteiger partial charge >= 0.3 is 0 Å². The van der Waals surface area contributed by atoms with Crippen molar-refractivity contribution in [1.29, 1.82) is 0 Å². The summed E-state index contributed by atoms with van der Waals surface area (Å²) in [5.41, 5.74) is 6.96. The first kappa shape index (κ1) is 36.2. The normalized spacial score (nSPS) is 13.3. The third-order valence-corrected chi connectivity index (χ3v) is 10.1. The van der Waals surface area contributed by atoms with Crippen LogP contribution in [0.3, 0.4) is 0 Å². The van der Waals surface area contributed by atoms with Crippen molar-refractivity contribution in [2.24, 2.45) is 11.8 Å². The highest BCUT2D eigenvalue weighted by Gasteiger charge is 2.36. The first-order chi connectivity index (χ1) is 22.4. The highest BCUT2D eigenvalue weighted by Crippen LogP contribution is 2.26. The molecule has 0 radical (unpaired) electrons. The van der Waals surface area contributed by atoms with E-state index >= 15 is 0 Å². The van der Waals surface area contributed by atoms with Crippen LogP contribution in [0, 0.1) is 11.8 Å². The Labute approximate surface area is 281 Å². The van der Waals surface area contributed by atoms with Crippen LogP contribution in [0.5, 0.6) is 0 Å². The second-order valence-electron chi connectivity index (χ2n) is 12.5. The Bertz CT molecular complexity index is 1700. The van der Waals surface area contributed by atoms with Crippen molar-refractivity contribution >= 4 is 43.4 Å². The minimum absolute atomic E-state index is 0.0212. The Hall–Kier alpha value is -3.68. The van der Waals surface area contributed by atoms with Gasteiger partial charge in [-0.15, -0.1) is 11.3 Å². The number of rotatable bonds is 16. The zero-order valence-electron chi connectivity index (χ0n) is 27.4. The van der Waals surface area contributed by atoms with E-state index in [-0.39, 0.29) is 55.1 Å². The Morgan fingerprint density at radius 3 is 2.19 bits per heavy atom. The number of aromatic nitrogens is 1. The van der Waals surface area contributed by atoms with Crippen LogP contribution in [0.2, 0.25) is 0 Å². The number of carbonyl (C=O) groups is 2. The van der Waals surface area contributed by atoms with Crippen LogP contribution in [0.25, 0.3) is 10.2 Å². The number of sulfonamides is 1. The van der Waals surface area contributed by atoms with Gasteiger partial charge in [-0.3, -0.25) is 15.0 Å². The molecule has 1 heterocycles. The molecule has 47 heavy (non-hydrogen) atoms. The molecule has 4 rings (SSSR count). The van der Waals surface area contributed by atoms with Gasteiger partial charge in [0.1, 0.15) is 0 Å². The summed E-state index contributed by atoms with van der Waals surface area (Å²) in [7, 11) is -4.04. The predicted molar refractivity (Wildman–Crippen MR) is 186 cm³/mol. The van der Waals surface area contributed by atoms with E-state index in [0.717, 1.165) is 15.8 Å². The molecule has 0 aliphatic rings. The molecule has 10 nitrogen and oxygen atoms in total. The van der Waals surface area contributed by atoms with Crippen molar-refractivity contribution in [1.82, 2.24) is 25.0 Å². The van der Waals surface area contributed by atoms with Crippen LogP contribution in [0.4, 0.5) is 0 Å². The van der Waals surface area contributed by atoms with Crippen molar-refractivity contribution < 1.29 is 23.1 Å². The third kappa shape index (κ3) is 10.4. The van der Waals surface area contributed by atoms with E-state index in [0.29, 0.717) is 12.1 Å². The molecule has 0 saturated heterocycles. The third-order valence-electron chi connectivity index (χ3n) is 7.52.